The van der Waals surface area contributed by atoms with Crippen molar-refractivity contribution in [3.8, 4) is 0 Å². The molecule has 0 aliphatic heterocycles. The first-order valence-corrected chi connectivity index (χ1v) is 6.09. The van der Waals surface area contributed by atoms with Crippen LogP contribution in [0.25, 0.3) is 0 Å². The Bertz CT molecular complexity index is 300. The molecule has 0 spiro atoms. The van der Waals surface area contributed by atoms with Crippen molar-refractivity contribution < 1.29 is 9.47 Å². The molecule has 0 aromatic carbocycles. The molecule has 0 fully saturated rings. The van der Waals surface area contributed by atoms with Crippen LogP contribution in [0.2, 0.25) is 0 Å². The summed E-state index contributed by atoms with van der Waals surface area (Å²) in [6, 6.07) is 0. The minimum Gasteiger partial charge on any atom is -0.385 e. The van der Waals surface area contributed by atoms with Crippen LogP contribution in [-0.2, 0) is 16.0 Å². The Hall–Kier alpha value is -1.07. The molecule has 0 saturated heterocycles. The molecule has 1 heterocycles. The second-order valence-corrected chi connectivity index (χ2v) is 4.14. The van der Waals surface area contributed by atoms with E-state index in [2.05, 4.69) is 14.9 Å². The van der Waals surface area contributed by atoms with Gasteiger partial charge in [-0.15, -0.1) is 0 Å². The normalized spacial score (nSPS) is 11.1. The molecule has 1 aromatic rings. The maximum atomic E-state index is 5.46. The number of methoxy groups -OCH3 is 1. The summed E-state index contributed by atoms with van der Waals surface area (Å²) in [5.74, 6) is 0.897. The van der Waals surface area contributed by atoms with Crippen LogP contribution >= 0.6 is 0 Å². The Labute approximate surface area is 103 Å². The van der Waals surface area contributed by atoms with E-state index >= 15 is 0 Å². The Balaban J connectivity index is 2.25. The minimum absolute atomic E-state index is 0.276. The van der Waals surface area contributed by atoms with E-state index in [0.29, 0.717) is 6.61 Å². The van der Waals surface area contributed by atoms with Crippen LogP contribution in [0.1, 0.15) is 20.3 Å². The molecule has 5 nitrogen and oxygen atoms in total. The molecule has 0 atom stereocenters. The highest BCUT2D eigenvalue weighted by Crippen LogP contribution is 2.05. The topological polar surface area (TPSA) is 48.3 Å². The van der Waals surface area contributed by atoms with Crippen LogP contribution in [-0.4, -0.2) is 42.5 Å². The van der Waals surface area contributed by atoms with E-state index in [4.69, 9.17) is 9.47 Å². The van der Waals surface area contributed by atoms with Crippen molar-refractivity contribution in [1.29, 1.82) is 0 Å². The highest BCUT2D eigenvalue weighted by Gasteiger charge is 2.01. The monoisotopic (exact) mass is 241 g/mol. The standard InChI is InChI=1S/C12H23N3O2/c1-11(2)17-10-6-14-12-13-5-8-15(12)7-4-9-16-3/h5,8,11H,4,6-7,9-10H2,1-3H3,(H,13,14). The van der Waals surface area contributed by atoms with Gasteiger partial charge in [0.15, 0.2) is 0 Å². The molecular formula is C12H23N3O2. The first kappa shape index (κ1) is 14.0. The van der Waals surface area contributed by atoms with Gasteiger partial charge in [0.2, 0.25) is 5.95 Å². The van der Waals surface area contributed by atoms with E-state index in [1.807, 2.05) is 20.0 Å². The van der Waals surface area contributed by atoms with Crippen LogP contribution in [0, 0.1) is 0 Å². The SMILES string of the molecule is COCCCn1ccnc1NCCOC(C)C. The molecule has 0 bridgehead atoms. The summed E-state index contributed by atoms with van der Waals surface area (Å²) in [6.07, 6.45) is 5.04. The number of aryl methyl sites for hydroxylation is 1. The Morgan fingerprint density at radius 2 is 2.24 bits per heavy atom. The molecular weight excluding hydrogens is 218 g/mol. The van der Waals surface area contributed by atoms with Gasteiger partial charge in [0, 0.05) is 39.2 Å². The largest absolute Gasteiger partial charge is 0.385 e. The van der Waals surface area contributed by atoms with Crippen LogP contribution in [0.4, 0.5) is 5.95 Å². The van der Waals surface area contributed by atoms with E-state index in [-0.39, 0.29) is 6.10 Å². The molecule has 0 aliphatic carbocycles. The molecule has 5 heteroatoms. The lowest BCUT2D eigenvalue weighted by molar-refractivity contribution is 0.0869. The zero-order chi connectivity index (χ0) is 12.5. The number of nitrogens with one attached hydrogen (secondary N) is 1. The number of aromatic nitrogens is 2. The van der Waals surface area contributed by atoms with Gasteiger partial charge in [-0.25, -0.2) is 4.98 Å². The van der Waals surface area contributed by atoms with Gasteiger partial charge in [-0.2, -0.15) is 0 Å². The Morgan fingerprint density at radius 1 is 1.41 bits per heavy atom. The highest BCUT2D eigenvalue weighted by atomic mass is 16.5. The van der Waals surface area contributed by atoms with E-state index in [1.165, 1.54) is 0 Å². The van der Waals surface area contributed by atoms with Gasteiger partial charge in [0.25, 0.3) is 0 Å². The fourth-order valence-electron chi connectivity index (χ4n) is 1.49. The first-order chi connectivity index (χ1) is 8.24. The summed E-state index contributed by atoms with van der Waals surface area (Å²) >= 11 is 0. The summed E-state index contributed by atoms with van der Waals surface area (Å²) in [6.45, 7) is 7.23. The third-order valence-corrected chi connectivity index (χ3v) is 2.30. The summed E-state index contributed by atoms with van der Waals surface area (Å²) in [4.78, 5) is 4.27. The van der Waals surface area contributed by atoms with Gasteiger partial charge < -0.3 is 19.4 Å². The van der Waals surface area contributed by atoms with Gasteiger partial charge in [0.1, 0.15) is 0 Å². The molecule has 1 aromatic heterocycles. The molecule has 0 radical (unpaired) electrons. The minimum atomic E-state index is 0.276. The maximum Gasteiger partial charge on any atom is 0.202 e. The van der Waals surface area contributed by atoms with E-state index in [0.717, 1.165) is 32.1 Å². The number of anilines is 1. The molecule has 98 valence electrons. The highest BCUT2D eigenvalue weighted by molar-refractivity contribution is 5.25. The second-order valence-electron chi connectivity index (χ2n) is 4.14. The van der Waals surface area contributed by atoms with Crippen molar-refractivity contribution in [3.63, 3.8) is 0 Å². The third-order valence-electron chi connectivity index (χ3n) is 2.30. The molecule has 17 heavy (non-hydrogen) atoms. The molecule has 0 saturated carbocycles. The van der Waals surface area contributed by atoms with Gasteiger partial charge in [-0.3, -0.25) is 0 Å². The van der Waals surface area contributed by atoms with Crippen LogP contribution < -0.4 is 5.32 Å². The summed E-state index contributed by atoms with van der Waals surface area (Å²) in [7, 11) is 1.72. The van der Waals surface area contributed by atoms with Crippen molar-refractivity contribution in [3.05, 3.63) is 12.4 Å². The van der Waals surface area contributed by atoms with Crippen molar-refractivity contribution in [1.82, 2.24) is 9.55 Å². The lowest BCUT2D eigenvalue weighted by atomic mass is 10.4. The van der Waals surface area contributed by atoms with Crippen LogP contribution in [0.3, 0.4) is 0 Å². The van der Waals surface area contributed by atoms with Crippen molar-refractivity contribution in [2.24, 2.45) is 0 Å². The number of imidazole rings is 1. The predicted molar refractivity (Wildman–Crippen MR) is 68.3 cm³/mol. The van der Waals surface area contributed by atoms with Crippen molar-refractivity contribution >= 4 is 5.95 Å². The number of rotatable bonds is 9. The molecule has 1 N–H and O–H groups in total. The molecule has 0 amide bonds. The van der Waals surface area contributed by atoms with E-state index in [9.17, 15) is 0 Å². The lowest BCUT2D eigenvalue weighted by Crippen LogP contribution is -2.16. The van der Waals surface area contributed by atoms with Crippen LogP contribution in [0.5, 0.6) is 0 Å². The fraction of sp³-hybridized carbons (Fsp3) is 0.750. The number of nitrogens with zero attached hydrogens (tertiary/aromatic N) is 2. The van der Waals surface area contributed by atoms with Gasteiger partial charge in [-0.1, -0.05) is 0 Å². The first-order valence-electron chi connectivity index (χ1n) is 6.09. The van der Waals surface area contributed by atoms with E-state index in [1.54, 1.807) is 13.3 Å². The maximum absolute atomic E-state index is 5.46. The molecule has 0 unspecified atom stereocenters. The van der Waals surface area contributed by atoms with Crippen molar-refractivity contribution in [2.45, 2.75) is 32.9 Å². The zero-order valence-corrected chi connectivity index (χ0v) is 11.0. The predicted octanol–water partition coefficient (Wildman–Crippen LogP) is 1.76. The summed E-state index contributed by atoms with van der Waals surface area (Å²) < 4.78 is 12.6. The number of ether oxygens (including phenoxy) is 2. The third kappa shape index (κ3) is 5.70. The number of hydrogen-bond acceptors (Lipinski definition) is 4. The summed E-state index contributed by atoms with van der Waals surface area (Å²) in [5, 5.41) is 3.26. The average molecular weight is 241 g/mol. The zero-order valence-electron chi connectivity index (χ0n) is 11.0. The smallest absolute Gasteiger partial charge is 0.202 e. The lowest BCUT2D eigenvalue weighted by Gasteiger charge is -2.11. The van der Waals surface area contributed by atoms with E-state index < -0.39 is 0 Å². The van der Waals surface area contributed by atoms with Gasteiger partial charge in [0.05, 0.1) is 12.7 Å². The quantitative estimate of drug-likeness (QED) is 0.669. The Kier molecular flexibility index (Phi) is 6.65. The molecule has 1 rings (SSSR count). The fourth-order valence-corrected chi connectivity index (χ4v) is 1.49. The summed E-state index contributed by atoms with van der Waals surface area (Å²) in [5.41, 5.74) is 0. The second kappa shape index (κ2) is 8.08. The van der Waals surface area contributed by atoms with Crippen LogP contribution in [0.15, 0.2) is 12.4 Å². The Morgan fingerprint density at radius 3 is 2.94 bits per heavy atom. The molecule has 0 aliphatic rings. The van der Waals surface area contributed by atoms with Gasteiger partial charge in [-0.05, 0) is 20.3 Å². The van der Waals surface area contributed by atoms with Gasteiger partial charge >= 0.3 is 0 Å². The van der Waals surface area contributed by atoms with Crippen molar-refractivity contribution in [2.75, 3.05) is 32.2 Å². The number of hydrogen-bond donors (Lipinski definition) is 1. The average Bonchev–Trinajstić information content (AvgIpc) is 2.72.